The van der Waals surface area contributed by atoms with Crippen LogP contribution in [-0.4, -0.2) is 13.1 Å². The quantitative estimate of drug-likeness (QED) is 0.805. The number of aryl methyl sites for hydroxylation is 1. The van der Waals surface area contributed by atoms with Gasteiger partial charge in [0.25, 0.3) is 0 Å². The second-order valence-electron chi connectivity index (χ2n) is 4.58. The van der Waals surface area contributed by atoms with Crippen LogP contribution in [0.4, 0.5) is 4.39 Å². The van der Waals surface area contributed by atoms with E-state index in [1.807, 2.05) is 12.1 Å². The first-order valence-corrected chi connectivity index (χ1v) is 6.03. The predicted octanol–water partition coefficient (Wildman–Crippen LogP) is 3.48. The topological polar surface area (TPSA) is 12.0 Å². The monoisotopic (exact) mass is 223 g/mol. The lowest BCUT2D eigenvalue weighted by Gasteiger charge is -2.21. The number of rotatable bonds is 5. The SMILES string of the molecule is CCNCC(C)C(C)c1ccc(C)c(F)c1. The Morgan fingerprint density at radius 3 is 2.56 bits per heavy atom. The lowest BCUT2D eigenvalue weighted by Crippen LogP contribution is -2.24. The van der Waals surface area contributed by atoms with Crippen molar-refractivity contribution >= 4 is 0 Å². The molecule has 1 nitrogen and oxygen atoms in total. The van der Waals surface area contributed by atoms with Crippen molar-refractivity contribution in [2.75, 3.05) is 13.1 Å². The number of halogens is 1. The van der Waals surface area contributed by atoms with Crippen molar-refractivity contribution in [2.24, 2.45) is 5.92 Å². The van der Waals surface area contributed by atoms with Crippen LogP contribution < -0.4 is 5.32 Å². The van der Waals surface area contributed by atoms with Gasteiger partial charge in [-0.05, 0) is 49.0 Å². The fourth-order valence-electron chi connectivity index (χ4n) is 1.77. The molecule has 2 atom stereocenters. The van der Waals surface area contributed by atoms with Gasteiger partial charge >= 0.3 is 0 Å². The molecule has 0 spiro atoms. The van der Waals surface area contributed by atoms with E-state index in [0.717, 1.165) is 24.2 Å². The van der Waals surface area contributed by atoms with E-state index >= 15 is 0 Å². The van der Waals surface area contributed by atoms with Gasteiger partial charge in [-0.2, -0.15) is 0 Å². The van der Waals surface area contributed by atoms with Gasteiger partial charge in [0.1, 0.15) is 5.82 Å². The van der Waals surface area contributed by atoms with Crippen molar-refractivity contribution in [3.8, 4) is 0 Å². The molecule has 90 valence electrons. The zero-order valence-corrected chi connectivity index (χ0v) is 10.7. The summed E-state index contributed by atoms with van der Waals surface area (Å²) in [5, 5.41) is 3.33. The molecule has 0 amide bonds. The molecule has 0 aromatic heterocycles. The zero-order valence-electron chi connectivity index (χ0n) is 10.7. The van der Waals surface area contributed by atoms with E-state index in [4.69, 9.17) is 0 Å². The third-order valence-electron chi connectivity index (χ3n) is 3.29. The third-order valence-corrected chi connectivity index (χ3v) is 3.29. The van der Waals surface area contributed by atoms with Gasteiger partial charge < -0.3 is 5.32 Å². The molecule has 0 aliphatic carbocycles. The van der Waals surface area contributed by atoms with Crippen LogP contribution in [-0.2, 0) is 0 Å². The summed E-state index contributed by atoms with van der Waals surface area (Å²) in [5.41, 5.74) is 1.81. The Morgan fingerprint density at radius 1 is 1.31 bits per heavy atom. The Bertz CT molecular complexity index is 336. The highest BCUT2D eigenvalue weighted by atomic mass is 19.1. The molecule has 0 heterocycles. The summed E-state index contributed by atoms with van der Waals surface area (Å²) < 4.78 is 13.4. The van der Waals surface area contributed by atoms with Crippen LogP contribution in [0.25, 0.3) is 0 Å². The van der Waals surface area contributed by atoms with E-state index in [1.165, 1.54) is 0 Å². The van der Waals surface area contributed by atoms with Crippen molar-refractivity contribution in [1.82, 2.24) is 5.32 Å². The van der Waals surface area contributed by atoms with E-state index in [-0.39, 0.29) is 5.82 Å². The average Bonchev–Trinajstić information content (AvgIpc) is 2.28. The van der Waals surface area contributed by atoms with E-state index in [1.54, 1.807) is 13.0 Å². The molecule has 0 saturated carbocycles. The highest BCUT2D eigenvalue weighted by Gasteiger charge is 2.14. The second-order valence-corrected chi connectivity index (χ2v) is 4.58. The largest absolute Gasteiger partial charge is 0.317 e. The van der Waals surface area contributed by atoms with Crippen molar-refractivity contribution < 1.29 is 4.39 Å². The van der Waals surface area contributed by atoms with Gasteiger partial charge in [0.2, 0.25) is 0 Å². The van der Waals surface area contributed by atoms with Crippen LogP contribution in [0.5, 0.6) is 0 Å². The summed E-state index contributed by atoms with van der Waals surface area (Å²) in [6, 6.07) is 5.56. The fourth-order valence-corrected chi connectivity index (χ4v) is 1.77. The lowest BCUT2D eigenvalue weighted by molar-refractivity contribution is 0.452. The Labute approximate surface area is 98.1 Å². The molecule has 1 N–H and O–H groups in total. The number of hydrogen-bond donors (Lipinski definition) is 1. The zero-order chi connectivity index (χ0) is 12.1. The van der Waals surface area contributed by atoms with Gasteiger partial charge in [0, 0.05) is 0 Å². The summed E-state index contributed by atoms with van der Waals surface area (Å²) >= 11 is 0. The molecule has 0 radical (unpaired) electrons. The van der Waals surface area contributed by atoms with Crippen molar-refractivity contribution in [3.05, 3.63) is 35.1 Å². The molecule has 1 rings (SSSR count). The minimum atomic E-state index is -0.0972. The molecular formula is C14H22FN. The van der Waals surface area contributed by atoms with Crippen LogP contribution in [0, 0.1) is 18.7 Å². The average molecular weight is 223 g/mol. The highest BCUT2D eigenvalue weighted by molar-refractivity contribution is 5.26. The maximum absolute atomic E-state index is 13.4. The second kappa shape index (κ2) is 6.00. The number of hydrogen-bond acceptors (Lipinski definition) is 1. The van der Waals surface area contributed by atoms with E-state index in [9.17, 15) is 4.39 Å². The lowest BCUT2D eigenvalue weighted by atomic mass is 9.88. The summed E-state index contributed by atoms with van der Waals surface area (Å²) in [4.78, 5) is 0. The summed E-state index contributed by atoms with van der Waals surface area (Å²) in [5.74, 6) is 0.802. The van der Waals surface area contributed by atoms with Gasteiger partial charge in [-0.1, -0.05) is 32.9 Å². The molecular weight excluding hydrogens is 201 g/mol. The minimum absolute atomic E-state index is 0.0972. The van der Waals surface area contributed by atoms with Gasteiger partial charge in [-0.25, -0.2) is 4.39 Å². The maximum Gasteiger partial charge on any atom is 0.126 e. The minimum Gasteiger partial charge on any atom is -0.317 e. The smallest absolute Gasteiger partial charge is 0.126 e. The summed E-state index contributed by atoms with van der Waals surface area (Å²) in [6.07, 6.45) is 0. The Kier molecular flexibility index (Phi) is 4.94. The summed E-state index contributed by atoms with van der Waals surface area (Å²) in [6.45, 7) is 10.2. The predicted molar refractivity (Wildman–Crippen MR) is 67.3 cm³/mol. The molecule has 0 aliphatic rings. The number of benzene rings is 1. The van der Waals surface area contributed by atoms with Crippen LogP contribution in [0.15, 0.2) is 18.2 Å². The van der Waals surface area contributed by atoms with Gasteiger partial charge in [0.05, 0.1) is 0 Å². The third kappa shape index (κ3) is 3.31. The van der Waals surface area contributed by atoms with E-state index < -0.39 is 0 Å². The molecule has 0 fully saturated rings. The van der Waals surface area contributed by atoms with Gasteiger partial charge in [-0.15, -0.1) is 0 Å². The molecule has 0 bridgehead atoms. The Balaban J connectivity index is 2.71. The van der Waals surface area contributed by atoms with Crippen LogP contribution in [0.2, 0.25) is 0 Å². The van der Waals surface area contributed by atoms with Crippen molar-refractivity contribution in [1.29, 1.82) is 0 Å². The molecule has 2 unspecified atom stereocenters. The number of nitrogens with one attached hydrogen (secondary N) is 1. The van der Waals surface area contributed by atoms with Gasteiger partial charge in [0.15, 0.2) is 0 Å². The van der Waals surface area contributed by atoms with Crippen molar-refractivity contribution in [3.63, 3.8) is 0 Å². The Hall–Kier alpha value is -0.890. The first kappa shape index (κ1) is 13.2. The van der Waals surface area contributed by atoms with Crippen LogP contribution >= 0.6 is 0 Å². The summed E-state index contributed by atoms with van der Waals surface area (Å²) in [7, 11) is 0. The molecule has 0 aliphatic heterocycles. The normalized spacial score (nSPS) is 14.8. The molecule has 1 aromatic rings. The fraction of sp³-hybridized carbons (Fsp3) is 0.571. The molecule has 16 heavy (non-hydrogen) atoms. The van der Waals surface area contributed by atoms with E-state index in [2.05, 4.69) is 26.1 Å². The highest BCUT2D eigenvalue weighted by Crippen LogP contribution is 2.25. The first-order chi connectivity index (χ1) is 7.56. The van der Waals surface area contributed by atoms with E-state index in [0.29, 0.717) is 11.8 Å². The Morgan fingerprint density at radius 2 is 2.00 bits per heavy atom. The van der Waals surface area contributed by atoms with Crippen molar-refractivity contribution in [2.45, 2.75) is 33.6 Å². The van der Waals surface area contributed by atoms with Crippen LogP contribution in [0.1, 0.15) is 37.8 Å². The molecule has 2 heteroatoms. The first-order valence-electron chi connectivity index (χ1n) is 6.03. The van der Waals surface area contributed by atoms with Crippen LogP contribution in [0.3, 0.4) is 0 Å². The molecule has 0 saturated heterocycles. The standard InChI is InChI=1S/C14H22FN/c1-5-16-9-11(3)12(4)13-7-6-10(2)14(15)8-13/h6-8,11-12,16H,5,9H2,1-4H3. The van der Waals surface area contributed by atoms with Gasteiger partial charge in [-0.3, -0.25) is 0 Å². The molecule has 1 aromatic carbocycles. The maximum atomic E-state index is 13.4.